The van der Waals surface area contributed by atoms with Crippen LogP contribution in [0, 0.1) is 0 Å². The summed E-state index contributed by atoms with van der Waals surface area (Å²) in [5, 5.41) is 5.33. The van der Waals surface area contributed by atoms with E-state index in [9.17, 15) is 9.59 Å². The van der Waals surface area contributed by atoms with E-state index in [1.807, 2.05) is 30.3 Å². The number of nitrogens with one attached hydrogen (secondary N) is 1. The summed E-state index contributed by atoms with van der Waals surface area (Å²) in [4.78, 5) is 27.1. The zero-order valence-corrected chi connectivity index (χ0v) is 14.2. The maximum Gasteiger partial charge on any atom is 0.259 e. The number of rotatable bonds is 3. The Hall–Kier alpha value is -2.85. The summed E-state index contributed by atoms with van der Waals surface area (Å²) in [6, 6.07) is 17.6. The van der Waals surface area contributed by atoms with Crippen LogP contribution in [0.5, 0.6) is 0 Å². The fourth-order valence-corrected chi connectivity index (χ4v) is 3.35. The fraction of sp³-hybridized carbons (Fsp3) is 0.100. The van der Waals surface area contributed by atoms with E-state index >= 15 is 0 Å². The Bertz CT molecular complexity index is 993. The highest BCUT2D eigenvalue weighted by molar-refractivity contribution is 6.30. The molecular formula is C20H15ClN2O2. The Morgan fingerprint density at radius 1 is 1.04 bits per heavy atom. The van der Waals surface area contributed by atoms with Gasteiger partial charge in [0.2, 0.25) is 5.91 Å². The van der Waals surface area contributed by atoms with Gasteiger partial charge in [0.05, 0.1) is 5.69 Å². The lowest BCUT2D eigenvalue weighted by atomic mass is 10.1. The molecule has 1 heterocycles. The van der Waals surface area contributed by atoms with Crippen LogP contribution in [0.25, 0.3) is 10.8 Å². The number of benzene rings is 3. The Morgan fingerprint density at radius 2 is 1.72 bits per heavy atom. The number of amides is 2. The van der Waals surface area contributed by atoms with E-state index in [0.717, 1.165) is 16.5 Å². The van der Waals surface area contributed by atoms with Gasteiger partial charge < -0.3 is 5.32 Å². The molecule has 0 radical (unpaired) electrons. The van der Waals surface area contributed by atoms with E-state index in [1.54, 1.807) is 42.2 Å². The van der Waals surface area contributed by atoms with E-state index in [0.29, 0.717) is 16.3 Å². The highest BCUT2D eigenvalue weighted by atomic mass is 35.5. The molecule has 1 aliphatic heterocycles. The van der Waals surface area contributed by atoms with Crippen LogP contribution < -0.4 is 10.2 Å². The minimum absolute atomic E-state index is 0.148. The van der Waals surface area contributed by atoms with Crippen molar-refractivity contribution in [3.63, 3.8) is 0 Å². The summed E-state index contributed by atoms with van der Waals surface area (Å²) in [7, 11) is 0. The van der Waals surface area contributed by atoms with E-state index < -0.39 is 6.04 Å². The lowest BCUT2D eigenvalue weighted by Gasteiger charge is -2.24. The van der Waals surface area contributed by atoms with Gasteiger partial charge >= 0.3 is 0 Å². The van der Waals surface area contributed by atoms with Crippen molar-refractivity contribution in [2.75, 3.05) is 10.2 Å². The van der Waals surface area contributed by atoms with Crippen molar-refractivity contribution in [2.45, 2.75) is 13.0 Å². The largest absolute Gasteiger partial charge is 0.324 e. The summed E-state index contributed by atoms with van der Waals surface area (Å²) >= 11 is 5.86. The van der Waals surface area contributed by atoms with Crippen molar-refractivity contribution >= 4 is 45.6 Å². The molecule has 4 rings (SSSR count). The van der Waals surface area contributed by atoms with Crippen molar-refractivity contribution in [3.05, 3.63) is 71.2 Å². The molecule has 0 spiro atoms. The first-order valence-electron chi connectivity index (χ1n) is 7.98. The lowest BCUT2D eigenvalue weighted by molar-refractivity contribution is -0.117. The molecule has 0 fully saturated rings. The summed E-state index contributed by atoms with van der Waals surface area (Å²) in [6.45, 7) is 1.73. The van der Waals surface area contributed by atoms with Crippen LogP contribution in [0.3, 0.4) is 0 Å². The minimum atomic E-state index is -0.638. The first-order valence-corrected chi connectivity index (χ1v) is 8.36. The Morgan fingerprint density at radius 3 is 2.44 bits per heavy atom. The maximum atomic E-state index is 12.8. The van der Waals surface area contributed by atoms with Gasteiger partial charge in [0.15, 0.2) is 0 Å². The first-order chi connectivity index (χ1) is 12.1. The molecule has 1 atom stereocenters. The van der Waals surface area contributed by atoms with E-state index in [4.69, 9.17) is 11.6 Å². The molecule has 0 aromatic heterocycles. The first kappa shape index (κ1) is 15.7. The topological polar surface area (TPSA) is 49.4 Å². The molecule has 0 aliphatic carbocycles. The number of halogens is 1. The van der Waals surface area contributed by atoms with Gasteiger partial charge in [0.1, 0.15) is 6.04 Å². The van der Waals surface area contributed by atoms with Crippen LogP contribution in [0.4, 0.5) is 11.4 Å². The van der Waals surface area contributed by atoms with Gasteiger partial charge in [-0.15, -0.1) is 0 Å². The SMILES string of the molecule is C[C@@H](C(=O)Nc1ccc(Cl)cc1)N1C(=O)c2cccc3cccc1c23. The van der Waals surface area contributed by atoms with Crippen LogP contribution in [0.15, 0.2) is 60.7 Å². The number of nitrogens with zero attached hydrogens (tertiary/aromatic N) is 1. The molecule has 0 unspecified atom stereocenters. The highest BCUT2D eigenvalue weighted by Crippen LogP contribution is 2.38. The van der Waals surface area contributed by atoms with Gasteiger partial charge in [-0.25, -0.2) is 0 Å². The summed E-state index contributed by atoms with van der Waals surface area (Å²) in [5.41, 5.74) is 2.06. The van der Waals surface area contributed by atoms with Crippen LogP contribution in [-0.2, 0) is 4.79 Å². The van der Waals surface area contributed by atoms with E-state index in [1.165, 1.54) is 0 Å². The quantitative estimate of drug-likeness (QED) is 0.757. The molecule has 1 N–H and O–H groups in total. The second-order valence-electron chi connectivity index (χ2n) is 6.03. The summed E-state index contributed by atoms with van der Waals surface area (Å²) in [5.74, 6) is -0.397. The number of hydrogen-bond acceptors (Lipinski definition) is 2. The zero-order chi connectivity index (χ0) is 17.6. The number of hydrogen-bond donors (Lipinski definition) is 1. The lowest BCUT2D eigenvalue weighted by Crippen LogP contribution is -2.44. The van der Waals surface area contributed by atoms with Gasteiger partial charge in [0.25, 0.3) is 5.91 Å². The molecule has 0 bridgehead atoms. The zero-order valence-electron chi connectivity index (χ0n) is 13.5. The van der Waals surface area contributed by atoms with Crippen LogP contribution in [-0.4, -0.2) is 17.9 Å². The Labute approximate surface area is 150 Å². The monoisotopic (exact) mass is 350 g/mol. The van der Waals surface area contributed by atoms with Crippen molar-refractivity contribution in [2.24, 2.45) is 0 Å². The van der Waals surface area contributed by atoms with E-state index in [-0.39, 0.29) is 11.8 Å². The average Bonchev–Trinajstić information content (AvgIpc) is 2.91. The average molecular weight is 351 g/mol. The number of carbonyl (C=O) groups is 2. The third kappa shape index (κ3) is 2.55. The molecule has 5 heteroatoms. The minimum Gasteiger partial charge on any atom is -0.324 e. The predicted molar refractivity (Wildman–Crippen MR) is 100 cm³/mol. The van der Waals surface area contributed by atoms with Gasteiger partial charge in [-0.2, -0.15) is 0 Å². The molecule has 0 saturated carbocycles. The van der Waals surface area contributed by atoms with Gasteiger partial charge in [-0.3, -0.25) is 14.5 Å². The van der Waals surface area contributed by atoms with Crippen molar-refractivity contribution in [3.8, 4) is 0 Å². The van der Waals surface area contributed by atoms with Crippen LogP contribution in [0.1, 0.15) is 17.3 Å². The second-order valence-corrected chi connectivity index (χ2v) is 6.46. The highest BCUT2D eigenvalue weighted by Gasteiger charge is 2.35. The number of anilines is 2. The molecule has 4 nitrogen and oxygen atoms in total. The fourth-order valence-electron chi connectivity index (χ4n) is 3.22. The molecule has 3 aromatic rings. The van der Waals surface area contributed by atoms with Gasteiger partial charge in [0, 0.05) is 21.7 Å². The third-order valence-corrected chi connectivity index (χ3v) is 4.72. The van der Waals surface area contributed by atoms with Crippen molar-refractivity contribution < 1.29 is 9.59 Å². The normalized spacial score (nSPS) is 14.0. The van der Waals surface area contributed by atoms with Gasteiger partial charge in [-0.05, 0) is 48.7 Å². The van der Waals surface area contributed by atoms with Crippen molar-refractivity contribution in [1.82, 2.24) is 0 Å². The van der Waals surface area contributed by atoms with Gasteiger partial charge in [-0.1, -0.05) is 35.9 Å². The molecular weight excluding hydrogens is 336 g/mol. The third-order valence-electron chi connectivity index (χ3n) is 4.47. The number of carbonyl (C=O) groups excluding carboxylic acids is 2. The molecule has 3 aromatic carbocycles. The summed E-state index contributed by atoms with van der Waals surface area (Å²) in [6.07, 6.45) is 0. The molecule has 1 aliphatic rings. The maximum absolute atomic E-state index is 12.8. The van der Waals surface area contributed by atoms with E-state index in [2.05, 4.69) is 5.32 Å². The Kier molecular flexibility index (Phi) is 3.70. The van der Waals surface area contributed by atoms with Crippen molar-refractivity contribution in [1.29, 1.82) is 0 Å². The van der Waals surface area contributed by atoms with Crippen LogP contribution in [0.2, 0.25) is 5.02 Å². The Balaban J connectivity index is 1.66. The second kappa shape index (κ2) is 5.90. The molecule has 124 valence electrons. The molecule has 0 saturated heterocycles. The smallest absolute Gasteiger partial charge is 0.259 e. The predicted octanol–water partition coefficient (Wildman–Crippen LogP) is 4.48. The summed E-state index contributed by atoms with van der Waals surface area (Å²) < 4.78 is 0. The molecule has 2 amide bonds. The van der Waals surface area contributed by atoms with Crippen LogP contribution >= 0.6 is 11.6 Å². The molecule has 25 heavy (non-hydrogen) atoms. The standard InChI is InChI=1S/C20H15ClN2O2/c1-12(19(24)22-15-10-8-14(21)9-11-15)23-17-7-3-5-13-4-2-6-16(18(13)17)20(23)25/h2-12H,1H3,(H,22,24)/t12-/m0/s1.